The number of likely N-dealkylation sites (tertiary alicyclic amines) is 1. The highest BCUT2D eigenvalue weighted by atomic mass is 16.6. The van der Waals surface area contributed by atoms with Gasteiger partial charge in [-0.05, 0) is 22.3 Å². The Kier molecular flexibility index (Phi) is 4.69. The van der Waals surface area contributed by atoms with Gasteiger partial charge in [-0.3, -0.25) is 0 Å². The minimum absolute atomic E-state index is 0.00519. The van der Waals surface area contributed by atoms with Gasteiger partial charge in [0.1, 0.15) is 19.3 Å². The van der Waals surface area contributed by atoms with Crippen molar-refractivity contribution in [1.82, 2.24) is 19.7 Å². The van der Waals surface area contributed by atoms with Crippen LogP contribution in [0.1, 0.15) is 29.9 Å². The zero-order chi connectivity index (χ0) is 21.4. The number of hydrogen-bond donors (Lipinski definition) is 1. The minimum Gasteiger partial charge on any atom is -0.479 e. The van der Waals surface area contributed by atoms with Gasteiger partial charge >= 0.3 is 12.1 Å². The number of fused-ring (bicyclic) bond motifs is 3. The van der Waals surface area contributed by atoms with Crippen LogP contribution in [0.4, 0.5) is 4.79 Å². The Labute approximate surface area is 179 Å². The zero-order valence-corrected chi connectivity index (χ0v) is 16.8. The van der Waals surface area contributed by atoms with Crippen LogP contribution in [0.5, 0.6) is 0 Å². The molecule has 2 aliphatic rings. The van der Waals surface area contributed by atoms with Gasteiger partial charge in [-0.25, -0.2) is 19.3 Å². The molecule has 1 aliphatic heterocycles. The maximum absolute atomic E-state index is 12.8. The van der Waals surface area contributed by atoms with Gasteiger partial charge in [-0.15, -0.1) is 0 Å². The van der Waals surface area contributed by atoms with E-state index < -0.39 is 17.6 Å². The van der Waals surface area contributed by atoms with Crippen LogP contribution in [-0.2, 0) is 15.1 Å². The van der Waals surface area contributed by atoms with Crippen molar-refractivity contribution in [3.05, 3.63) is 72.3 Å². The van der Waals surface area contributed by atoms with Crippen LogP contribution in [0.2, 0.25) is 0 Å². The Hall–Kier alpha value is -3.68. The van der Waals surface area contributed by atoms with Crippen LogP contribution in [-0.4, -0.2) is 56.5 Å². The molecule has 0 unspecified atom stereocenters. The number of aliphatic carboxylic acids is 1. The summed E-state index contributed by atoms with van der Waals surface area (Å²) in [6, 6.07) is 16.4. The quantitative estimate of drug-likeness (QED) is 0.699. The number of hydrogen-bond acceptors (Lipinski definition) is 5. The van der Waals surface area contributed by atoms with Crippen molar-refractivity contribution < 1.29 is 19.4 Å². The van der Waals surface area contributed by atoms with Crippen molar-refractivity contribution in [3.63, 3.8) is 0 Å². The van der Waals surface area contributed by atoms with E-state index in [1.165, 1.54) is 28.5 Å². The molecule has 0 atom stereocenters. The maximum Gasteiger partial charge on any atom is 0.409 e. The van der Waals surface area contributed by atoms with E-state index in [4.69, 9.17) is 4.74 Å². The van der Waals surface area contributed by atoms with Crippen molar-refractivity contribution >= 4 is 12.1 Å². The van der Waals surface area contributed by atoms with Gasteiger partial charge in [0.05, 0.1) is 0 Å². The van der Waals surface area contributed by atoms with Crippen LogP contribution in [0.25, 0.3) is 11.1 Å². The molecule has 0 radical (unpaired) electrons. The lowest BCUT2D eigenvalue weighted by molar-refractivity contribution is -0.151. The topological polar surface area (TPSA) is 97.6 Å². The summed E-state index contributed by atoms with van der Waals surface area (Å²) in [6.07, 6.45) is 2.81. The normalized spacial score (nSPS) is 17.1. The molecule has 1 N–H and O–H groups in total. The van der Waals surface area contributed by atoms with Gasteiger partial charge in [-0.2, -0.15) is 5.10 Å². The predicted octanol–water partition coefficient (Wildman–Crippen LogP) is 3.10. The summed E-state index contributed by atoms with van der Waals surface area (Å²) in [5, 5.41) is 13.8. The number of carbonyl (C=O) groups is 2. The van der Waals surface area contributed by atoms with E-state index in [9.17, 15) is 14.7 Å². The molecule has 0 bridgehead atoms. The number of piperidine rings is 1. The van der Waals surface area contributed by atoms with Crippen molar-refractivity contribution in [2.24, 2.45) is 0 Å². The third kappa shape index (κ3) is 3.15. The van der Waals surface area contributed by atoms with E-state index in [0.717, 1.165) is 11.1 Å². The summed E-state index contributed by atoms with van der Waals surface area (Å²) < 4.78 is 7.08. The Morgan fingerprint density at radius 2 is 1.65 bits per heavy atom. The lowest BCUT2D eigenvalue weighted by atomic mass is 9.88. The Bertz CT molecular complexity index is 1070. The second kappa shape index (κ2) is 7.54. The third-order valence-electron chi connectivity index (χ3n) is 6.44. The van der Waals surface area contributed by atoms with Gasteiger partial charge in [-0.1, -0.05) is 48.5 Å². The number of carbonyl (C=O) groups excluding carboxylic acids is 1. The predicted molar refractivity (Wildman–Crippen MR) is 112 cm³/mol. The summed E-state index contributed by atoms with van der Waals surface area (Å²) in [4.78, 5) is 30.2. The molecule has 2 heterocycles. The highest BCUT2D eigenvalue weighted by Gasteiger charge is 2.45. The van der Waals surface area contributed by atoms with Crippen LogP contribution in [0.15, 0.2) is 61.2 Å². The molecule has 3 aromatic rings. The van der Waals surface area contributed by atoms with E-state index in [-0.39, 0.29) is 38.5 Å². The first-order valence-electron chi connectivity index (χ1n) is 10.3. The second-order valence-electron chi connectivity index (χ2n) is 7.97. The van der Waals surface area contributed by atoms with Crippen LogP contribution < -0.4 is 0 Å². The first kappa shape index (κ1) is 19.3. The third-order valence-corrected chi connectivity index (χ3v) is 6.44. The number of benzene rings is 2. The molecule has 8 heteroatoms. The highest BCUT2D eigenvalue weighted by molar-refractivity contribution is 5.79. The maximum atomic E-state index is 12.8. The van der Waals surface area contributed by atoms with Crippen molar-refractivity contribution in [2.45, 2.75) is 24.3 Å². The van der Waals surface area contributed by atoms with E-state index in [1.807, 2.05) is 24.3 Å². The van der Waals surface area contributed by atoms with Crippen LogP contribution >= 0.6 is 0 Å². The molecule has 0 spiro atoms. The number of carboxylic acids is 1. The van der Waals surface area contributed by atoms with Crippen LogP contribution in [0.3, 0.4) is 0 Å². The molecular weight excluding hydrogens is 396 g/mol. The summed E-state index contributed by atoms with van der Waals surface area (Å²) in [5.41, 5.74) is 3.49. The lowest BCUT2D eigenvalue weighted by Gasteiger charge is -2.38. The van der Waals surface area contributed by atoms with E-state index in [0.29, 0.717) is 0 Å². The fourth-order valence-corrected chi connectivity index (χ4v) is 4.71. The summed E-state index contributed by atoms with van der Waals surface area (Å²) >= 11 is 0. The summed E-state index contributed by atoms with van der Waals surface area (Å²) in [5.74, 6) is -0.973. The molecule has 1 saturated heterocycles. The van der Waals surface area contributed by atoms with Crippen LogP contribution in [0, 0.1) is 0 Å². The second-order valence-corrected chi connectivity index (χ2v) is 7.97. The average molecular weight is 418 g/mol. The number of nitrogens with zero attached hydrogens (tertiary/aromatic N) is 4. The molecule has 31 heavy (non-hydrogen) atoms. The Morgan fingerprint density at radius 1 is 1.03 bits per heavy atom. The standard InChI is InChI=1S/C23H22N4O4/c28-21(29)23(27-15-24-14-25-27)9-11-26(12-10-23)22(30)31-13-20-18-7-3-1-5-16(18)17-6-2-4-8-19(17)20/h1-8,14-15,20H,9-13H2,(H,28,29). The number of ether oxygens (including phenoxy) is 1. The fraction of sp³-hybridized carbons (Fsp3) is 0.304. The van der Waals surface area contributed by atoms with E-state index >= 15 is 0 Å². The monoisotopic (exact) mass is 418 g/mol. The smallest absolute Gasteiger partial charge is 0.409 e. The minimum atomic E-state index is -1.18. The van der Waals surface area contributed by atoms with Crippen molar-refractivity contribution in [1.29, 1.82) is 0 Å². The molecule has 2 aromatic carbocycles. The van der Waals surface area contributed by atoms with Crippen molar-refractivity contribution in [3.8, 4) is 11.1 Å². The molecule has 0 saturated carbocycles. The zero-order valence-electron chi connectivity index (χ0n) is 16.8. The Balaban J connectivity index is 1.27. The molecule has 1 aliphatic carbocycles. The van der Waals surface area contributed by atoms with Gasteiger partial charge in [0.25, 0.3) is 0 Å². The molecular formula is C23H22N4O4. The number of rotatable bonds is 4. The molecule has 1 fully saturated rings. The largest absolute Gasteiger partial charge is 0.479 e. The highest BCUT2D eigenvalue weighted by Crippen LogP contribution is 2.44. The van der Waals surface area contributed by atoms with Gasteiger partial charge in [0.2, 0.25) is 0 Å². The van der Waals surface area contributed by atoms with Crippen molar-refractivity contribution in [2.75, 3.05) is 19.7 Å². The summed E-state index contributed by atoms with van der Waals surface area (Å²) in [7, 11) is 0. The molecule has 158 valence electrons. The molecule has 1 aromatic heterocycles. The molecule has 8 nitrogen and oxygen atoms in total. The van der Waals surface area contributed by atoms with E-state index in [1.54, 1.807) is 4.90 Å². The van der Waals surface area contributed by atoms with Gasteiger partial charge in [0, 0.05) is 31.8 Å². The van der Waals surface area contributed by atoms with Gasteiger partial charge in [0.15, 0.2) is 5.54 Å². The fourth-order valence-electron chi connectivity index (χ4n) is 4.71. The molecule has 5 rings (SSSR count). The lowest BCUT2D eigenvalue weighted by Crippen LogP contribution is -2.52. The Morgan fingerprint density at radius 3 is 2.19 bits per heavy atom. The number of carboxylic acid groups (broad SMARTS) is 1. The molecule has 1 amide bonds. The number of amides is 1. The first-order chi connectivity index (χ1) is 15.1. The summed E-state index contributed by atoms with van der Waals surface area (Å²) in [6.45, 7) is 0.808. The number of aromatic nitrogens is 3. The van der Waals surface area contributed by atoms with E-state index in [2.05, 4.69) is 34.3 Å². The SMILES string of the molecule is O=C(OCC1c2ccccc2-c2ccccc21)N1CCC(C(=O)O)(n2cncn2)CC1. The van der Waals surface area contributed by atoms with Gasteiger partial charge < -0.3 is 14.7 Å². The first-order valence-corrected chi connectivity index (χ1v) is 10.3. The average Bonchev–Trinajstić information content (AvgIpc) is 3.45.